The molecule has 31 heteroatoms. The fraction of sp³-hybridized carbons (Fsp3) is 0.726. The molecule has 10 aliphatic rings. The molecule has 0 aromatic carbocycles. The summed E-state index contributed by atoms with van der Waals surface area (Å²) in [6.07, 6.45) is 45.8. The molecule has 1 atom stereocenters. The van der Waals surface area contributed by atoms with Gasteiger partial charge in [-0.1, -0.05) is 118 Å². The first-order valence-electron chi connectivity index (χ1n) is 43.1. The summed E-state index contributed by atoms with van der Waals surface area (Å²) in [6, 6.07) is 5.03. The van der Waals surface area contributed by atoms with Gasteiger partial charge in [0.1, 0.15) is 48.0 Å². The van der Waals surface area contributed by atoms with Crippen molar-refractivity contribution in [1.82, 2.24) is 125 Å². The molecule has 10 aromatic rings. The molecule has 11 heterocycles. The van der Waals surface area contributed by atoms with Crippen LogP contribution < -0.4 is 4.57 Å². The normalized spacial score (nSPS) is 17.9. The monoisotopic (exact) mass is 1580 g/mol. The molecule has 0 spiro atoms. The summed E-state index contributed by atoms with van der Waals surface area (Å²) in [6.45, 7) is 47.1. The summed E-state index contributed by atoms with van der Waals surface area (Å²) >= 11 is 0. The smallest absolute Gasteiger partial charge is 0.351 e. The lowest BCUT2D eigenvalue weighted by Crippen LogP contribution is -2.35. The molecule has 0 radical (unpaired) electrons. The third-order valence-corrected chi connectivity index (χ3v) is 21.1. The first-order chi connectivity index (χ1) is 55.2. The van der Waals surface area contributed by atoms with Gasteiger partial charge in [-0.05, 0) is 221 Å². The summed E-state index contributed by atoms with van der Waals surface area (Å²) in [5, 5.41) is 69.8. The van der Waals surface area contributed by atoms with E-state index in [1.54, 1.807) is 29.9 Å². The van der Waals surface area contributed by atoms with E-state index in [2.05, 4.69) is 273 Å². The highest BCUT2D eigenvalue weighted by Gasteiger charge is 2.38. The number of nitrogens with zero attached hydrogens (tertiary/aromatic N) is 28. The van der Waals surface area contributed by atoms with E-state index in [0.717, 1.165) is 64.2 Å². The van der Waals surface area contributed by atoms with Crippen LogP contribution in [0, 0.1) is 11.8 Å². The zero-order valence-corrected chi connectivity index (χ0v) is 73.0. The van der Waals surface area contributed by atoms with Crippen LogP contribution in [0.25, 0.3) is 0 Å². The van der Waals surface area contributed by atoms with Crippen LogP contribution in [0.2, 0.25) is 0 Å². The summed E-state index contributed by atoms with van der Waals surface area (Å²) in [5.41, 5.74) is 7.79. The Hall–Kier alpha value is -9.19. The summed E-state index contributed by atoms with van der Waals surface area (Å²) in [7, 11) is 0. The maximum Gasteiger partial charge on any atom is 0.351 e. The minimum absolute atomic E-state index is 0.389. The first kappa shape index (κ1) is 88.2. The van der Waals surface area contributed by atoms with Crippen molar-refractivity contribution in [3.63, 3.8) is 0 Å². The van der Waals surface area contributed by atoms with Gasteiger partial charge in [0.2, 0.25) is 0 Å². The molecule has 1 aliphatic heterocycles. The largest absolute Gasteiger partial charge is 0.361 e. The van der Waals surface area contributed by atoms with E-state index in [1.807, 2.05) is 63.9 Å². The Morgan fingerprint density at radius 2 is 1.10 bits per heavy atom. The van der Waals surface area contributed by atoms with Crippen molar-refractivity contribution < 1.29 is 18.2 Å². The van der Waals surface area contributed by atoms with Crippen molar-refractivity contribution >= 4 is 0 Å². The van der Waals surface area contributed by atoms with Gasteiger partial charge < -0.3 is 22.8 Å². The molecule has 628 valence electrons. The van der Waals surface area contributed by atoms with Gasteiger partial charge in [0.25, 0.3) is 0 Å². The fourth-order valence-corrected chi connectivity index (χ4v) is 13.0. The van der Waals surface area contributed by atoms with Gasteiger partial charge in [-0.3, -0.25) is 4.68 Å². The zero-order valence-electron chi connectivity index (χ0n) is 73.0. The molecule has 9 saturated carbocycles. The van der Waals surface area contributed by atoms with Crippen LogP contribution in [-0.2, 0) is 0 Å². The van der Waals surface area contributed by atoms with Crippen molar-refractivity contribution in [2.75, 3.05) is 0 Å². The number of tetrazole rings is 2. The van der Waals surface area contributed by atoms with Crippen molar-refractivity contribution in [2.24, 2.45) is 22.1 Å². The molecule has 31 nitrogen and oxygen atoms in total. The molecule has 0 saturated heterocycles. The molecule has 10 aromatic heterocycles. The van der Waals surface area contributed by atoms with E-state index in [9.17, 15) is 0 Å². The van der Waals surface area contributed by atoms with E-state index in [-0.39, 0.29) is 0 Å². The maximum absolute atomic E-state index is 5.18. The topological polar surface area (TPSA) is 335 Å². The van der Waals surface area contributed by atoms with Crippen molar-refractivity contribution in [2.45, 2.75) is 381 Å². The number of rotatable bonds is 20. The van der Waals surface area contributed by atoms with E-state index >= 15 is 0 Å². The Morgan fingerprint density at radius 1 is 0.470 bits per heavy atom. The lowest BCUT2D eigenvalue weighted by atomic mass is 9.95. The number of hydrogen-bond acceptors (Lipinski definition) is 23. The van der Waals surface area contributed by atoms with Crippen LogP contribution in [-0.4, -0.2) is 131 Å². The third kappa shape index (κ3) is 27.2. The second-order valence-electron chi connectivity index (χ2n) is 35.7. The zero-order chi connectivity index (χ0) is 82.6. The van der Waals surface area contributed by atoms with E-state index in [0.29, 0.717) is 102 Å². The fourth-order valence-electron chi connectivity index (χ4n) is 13.0. The van der Waals surface area contributed by atoms with Gasteiger partial charge in [-0.15, -0.1) is 35.7 Å². The molecule has 9 fully saturated rings. The van der Waals surface area contributed by atoms with E-state index in [1.165, 1.54) is 138 Å². The highest BCUT2D eigenvalue weighted by molar-refractivity contribution is 5.26. The van der Waals surface area contributed by atoms with Crippen LogP contribution in [0.1, 0.15) is 433 Å². The summed E-state index contributed by atoms with van der Waals surface area (Å²) in [5.74, 6) is 12.6. The average molecular weight is 1590 g/mol. The Kier molecular flexibility index (Phi) is 32.3. The molecule has 0 bridgehead atoms. The van der Waals surface area contributed by atoms with Gasteiger partial charge in [0.05, 0.1) is 55.3 Å². The highest BCUT2D eigenvalue weighted by atomic mass is 16.6. The quantitative estimate of drug-likeness (QED) is 0.0640. The van der Waals surface area contributed by atoms with Crippen molar-refractivity contribution in [3.05, 3.63) is 138 Å². The molecule has 0 N–H and O–H groups in total. The van der Waals surface area contributed by atoms with Crippen LogP contribution >= 0.6 is 0 Å². The molecule has 1 unspecified atom stereocenters. The number of imidazole rings is 2. The third-order valence-electron chi connectivity index (χ3n) is 21.1. The Labute approximate surface area is 681 Å². The second-order valence-corrected chi connectivity index (χ2v) is 35.7. The Bertz CT molecular complexity index is 3600. The lowest BCUT2D eigenvalue weighted by molar-refractivity contribution is -0.712. The van der Waals surface area contributed by atoms with Gasteiger partial charge in [0, 0.05) is 107 Å². The van der Waals surface area contributed by atoms with Crippen LogP contribution in [0.5, 0.6) is 0 Å². The van der Waals surface area contributed by atoms with Crippen LogP contribution in [0.3, 0.4) is 0 Å². The molecular weight excluding hydrogens is 1450 g/mol. The highest BCUT2D eigenvalue weighted by Crippen LogP contribution is 2.46. The van der Waals surface area contributed by atoms with Crippen LogP contribution in [0.4, 0.5) is 0 Å². The summed E-state index contributed by atoms with van der Waals surface area (Å²) < 4.78 is 31.4. The molecule has 0 amide bonds. The van der Waals surface area contributed by atoms with Gasteiger partial charge in [-0.25, -0.2) is 28.5 Å². The van der Waals surface area contributed by atoms with Crippen molar-refractivity contribution in [1.29, 1.82) is 0 Å². The number of azo groups is 1. The Morgan fingerprint density at radius 3 is 1.60 bits per heavy atom. The lowest BCUT2D eigenvalue weighted by Gasteiger charge is -2.13. The minimum atomic E-state index is 0.389. The molecular formula is C84H135N28O3+. The van der Waals surface area contributed by atoms with E-state index in [4.69, 9.17) is 13.7 Å². The van der Waals surface area contributed by atoms with Crippen LogP contribution in [0.15, 0.2) is 105 Å². The van der Waals surface area contributed by atoms with Gasteiger partial charge >= 0.3 is 12.2 Å². The Balaban J connectivity index is 0.000000134. The van der Waals surface area contributed by atoms with Crippen molar-refractivity contribution in [3.8, 4) is 0 Å². The SMILES string of the molecule is CC(C)C1N=NC=C1C1CC1.CC(C)c1cncn1C1CC1.CC(C)c1nncn1C1CC1.CC(C)c1nnnn1C1CC1.CC(C)c1noc[n+]1C1CC1.CC(C)c1nonc1C1CC1.CC(C)c1oncc1C1CC1.CC(C)n1ccnn1.CC(C)n1cncc1C1CC1.CC(C)n1cnnc1.CC(C)n1nnnc1C1CC1. The number of aromatic nitrogens is 26. The second kappa shape index (κ2) is 42.1. The standard InChI is InChI=1S/3C9H14N2.C9H13NO.C8H13N3.C8H13N2O.C8H12N2O.2C7H12N4.2C5H9N3/c1-7(2)11-6-10-5-9(11)8-3-4-8;1-7(2)9-5-10-6-11(9)8-3-4-8;2*1-6(2)9-8(5-10-11-9)7-3-4-7;1-6(2)8-10-9-5-11(8)7-3-4-7;1-6(2)8-9-11-5-10(8)7-3-4-7;1-5(2)7-8(6-3-4-6)10-11-9-7;1-5(2)11-7(6-3-4-6)8-9-10-11;1-5(2)7-8-9-10-11(7)6-3-4-6;1-5(2)8-3-6-7-4-8;1-5(2)8-4-3-6-7-8/h2*5-8H,3-4H2,1-2H3;5-7,9H,3-4H2,1-2H3;3*5-7H,3-4H2,1-2H3;3*5-6H,3-4H2,1-2H3;2*3-5H,1-2H3/q;;;;;+1;;;;;. The molecule has 115 heavy (non-hydrogen) atoms. The predicted octanol–water partition coefficient (Wildman–Crippen LogP) is 19.3. The minimum Gasteiger partial charge on any atom is -0.361 e. The molecule has 9 aliphatic carbocycles. The summed E-state index contributed by atoms with van der Waals surface area (Å²) in [4.78, 5) is 8.34. The number of hydrogen-bond donors (Lipinski definition) is 0. The van der Waals surface area contributed by atoms with Gasteiger partial charge in [-0.2, -0.15) is 14.8 Å². The maximum atomic E-state index is 5.18. The van der Waals surface area contributed by atoms with E-state index < -0.39 is 0 Å². The predicted molar refractivity (Wildman–Crippen MR) is 439 cm³/mol. The van der Waals surface area contributed by atoms with Gasteiger partial charge in [0.15, 0.2) is 16.8 Å². The molecule has 20 rings (SSSR count). The first-order valence-corrected chi connectivity index (χ1v) is 43.1. The average Bonchev–Trinajstić information content (AvgIpc) is 1.73.